The van der Waals surface area contributed by atoms with Crippen LogP contribution in [0.2, 0.25) is 16.6 Å². The van der Waals surface area contributed by atoms with Crippen LogP contribution >= 0.6 is 0 Å². The second-order valence-electron chi connectivity index (χ2n) is 13.2. The summed E-state index contributed by atoms with van der Waals surface area (Å²) >= 11 is 0. The van der Waals surface area contributed by atoms with Gasteiger partial charge in [0.1, 0.15) is 17.8 Å². The van der Waals surface area contributed by atoms with E-state index in [1.165, 1.54) is 6.92 Å². The molecule has 0 rings (SSSR count). The van der Waals surface area contributed by atoms with E-state index in [0.29, 0.717) is 29.5 Å². The van der Waals surface area contributed by atoms with E-state index in [-0.39, 0.29) is 17.7 Å². The molecule has 7 heteroatoms. The highest BCUT2D eigenvalue weighted by Gasteiger charge is 2.47. The van der Waals surface area contributed by atoms with Gasteiger partial charge in [0.2, 0.25) is 8.32 Å². The molecule has 0 bridgehead atoms. The summed E-state index contributed by atoms with van der Waals surface area (Å²) < 4.78 is 18.2. The smallest absolute Gasteiger partial charge is 0.306 e. The first-order valence-electron chi connectivity index (χ1n) is 15.8. The number of ketones is 1. The Balaban J connectivity index is 5.31. The number of hydrogen-bond acceptors (Lipinski definition) is 6. The molecule has 0 aliphatic carbocycles. The molecule has 0 unspecified atom stereocenters. The lowest BCUT2D eigenvalue weighted by atomic mass is 10.0. The van der Waals surface area contributed by atoms with Crippen molar-refractivity contribution in [3.05, 3.63) is 12.2 Å². The van der Waals surface area contributed by atoms with E-state index in [4.69, 9.17) is 13.9 Å². The molecular weight excluding hydrogens is 520 g/mol. The molecule has 0 fully saturated rings. The van der Waals surface area contributed by atoms with Gasteiger partial charge in [0.05, 0.1) is 0 Å². The van der Waals surface area contributed by atoms with Gasteiger partial charge in [-0.15, -0.1) is 0 Å². The molecule has 0 saturated carbocycles. The van der Waals surface area contributed by atoms with Gasteiger partial charge in [-0.25, -0.2) is 0 Å². The maximum atomic E-state index is 12.8. The second-order valence-corrected chi connectivity index (χ2v) is 18.6. The van der Waals surface area contributed by atoms with E-state index in [9.17, 15) is 14.4 Å². The Bertz CT molecular complexity index is 744. The SMILES string of the molecule is CCCCC[C@@H](OC(C)=O)[C@@H](/C=C/C(=O)CCCCCCCC(=O)OC(C)(C)C)O[Si](C(C)C)(C(C)C)C(C)C. The molecule has 2 atom stereocenters. The van der Waals surface area contributed by atoms with E-state index in [1.807, 2.05) is 26.8 Å². The third kappa shape index (κ3) is 15.5. The van der Waals surface area contributed by atoms with E-state index < -0.39 is 26.1 Å². The number of ether oxygens (including phenoxy) is 2. The minimum Gasteiger partial charge on any atom is -0.460 e. The number of carbonyl (C=O) groups is 3. The first-order valence-corrected chi connectivity index (χ1v) is 18.0. The Labute approximate surface area is 247 Å². The van der Waals surface area contributed by atoms with Gasteiger partial charge >= 0.3 is 11.9 Å². The fraction of sp³-hybridized carbons (Fsp3) is 0.848. The third-order valence-corrected chi connectivity index (χ3v) is 13.6. The molecule has 0 aliphatic rings. The summed E-state index contributed by atoms with van der Waals surface area (Å²) in [5.74, 6) is -0.387. The Morgan fingerprint density at radius 3 is 1.77 bits per heavy atom. The van der Waals surface area contributed by atoms with Crippen LogP contribution in [0.4, 0.5) is 0 Å². The number of allylic oxidation sites excluding steroid dienone is 1. The number of unbranched alkanes of at least 4 members (excludes halogenated alkanes) is 6. The molecule has 0 saturated heterocycles. The van der Waals surface area contributed by atoms with Crippen LogP contribution in [0, 0.1) is 0 Å². The summed E-state index contributed by atoms with van der Waals surface area (Å²) in [6.45, 7) is 22.7. The van der Waals surface area contributed by atoms with Crippen LogP contribution in [0.25, 0.3) is 0 Å². The Morgan fingerprint density at radius 2 is 1.30 bits per heavy atom. The second kappa shape index (κ2) is 19.6. The first-order chi connectivity index (χ1) is 18.6. The lowest BCUT2D eigenvalue weighted by Crippen LogP contribution is -2.52. The van der Waals surface area contributed by atoms with Crippen molar-refractivity contribution in [1.29, 1.82) is 0 Å². The first kappa shape index (κ1) is 38.5. The zero-order valence-corrected chi connectivity index (χ0v) is 28.8. The number of hydrogen-bond donors (Lipinski definition) is 0. The molecule has 40 heavy (non-hydrogen) atoms. The van der Waals surface area contributed by atoms with Gasteiger partial charge in [-0.05, 0) is 75.2 Å². The van der Waals surface area contributed by atoms with Gasteiger partial charge in [0.15, 0.2) is 5.78 Å². The minimum absolute atomic E-state index is 0.0726. The van der Waals surface area contributed by atoms with Crippen molar-refractivity contribution in [1.82, 2.24) is 0 Å². The summed E-state index contributed by atoms with van der Waals surface area (Å²) in [4.78, 5) is 36.7. The van der Waals surface area contributed by atoms with E-state index in [2.05, 4.69) is 48.5 Å². The van der Waals surface area contributed by atoms with E-state index in [1.54, 1.807) is 6.08 Å². The topological polar surface area (TPSA) is 78.9 Å². The van der Waals surface area contributed by atoms with Crippen molar-refractivity contribution in [2.45, 2.75) is 181 Å². The largest absolute Gasteiger partial charge is 0.460 e. The summed E-state index contributed by atoms with van der Waals surface area (Å²) in [7, 11) is -2.28. The molecule has 0 aromatic rings. The summed E-state index contributed by atoms with van der Waals surface area (Å²) in [6.07, 6.45) is 11.9. The molecule has 0 amide bonds. The van der Waals surface area contributed by atoms with Gasteiger partial charge in [0.25, 0.3) is 0 Å². The molecule has 0 aromatic heterocycles. The minimum atomic E-state index is -2.28. The van der Waals surface area contributed by atoms with Crippen molar-refractivity contribution < 1.29 is 28.3 Å². The Morgan fingerprint density at radius 1 is 0.775 bits per heavy atom. The maximum Gasteiger partial charge on any atom is 0.306 e. The molecule has 6 nitrogen and oxygen atoms in total. The van der Waals surface area contributed by atoms with Crippen molar-refractivity contribution in [3.63, 3.8) is 0 Å². The lowest BCUT2D eigenvalue weighted by molar-refractivity contribution is -0.155. The molecule has 0 heterocycles. The van der Waals surface area contributed by atoms with Gasteiger partial charge in [0, 0.05) is 19.8 Å². The molecule has 0 aromatic carbocycles. The summed E-state index contributed by atoms with van der Waals surface area (Å²) in [6, 6.07) is 0. The molecule has 0 spiro atoms. The number of rotatable bonds is 21. The van der Waals surface area contributed by atoms with Crippen molar-refractivity contribution in [2.75, 3.05) is 0 Å². The average Bonchev–Trinajstić information content (AvgIpc) is 2.81. The quantitative estimate of drug-likeness (QED) is 0.0581. The van der Waals surface area contributed by atoms with Gasteiger partial charge < -0.3 is 13.9 Å². The lowest BCUT2D eigenvalue weighted by Gasteiger charge is -2.45. The Hall–Kier alpha value is -1.47. The molecule has 0 radical (unpaired) electrons. The van der Waals surface area contributed by atoms with Crippen LogP contribution in [-0.2, 0) is 28.3 Å². The number of carbonyl (C=O) groups excluding carboxylic acids is 3. The van der Waals surface area contributed by atoms with Crippen LogP contribution in [0.5, 0.6) is 0 Å². The standard InChI is InChI=1S/C33H62O6Si/c1-12-13-17-21-30(37-28(8)34)31(39-40(25(2)3,26(4)5)27(6)7)24-23-29(35)20-18-15-14-16-19-22-32(36)38-33(9,10)11/h23-27,30-31H,12-22H2,1-11H3/b24-23+/t30-,31-/m1/s1. The fourth-order valence-electron chi connectivity index (χ4n) is 5.76. The van der Waals surface area contributed by atoms with E-state index in [0.717, 1.165) is 57.8 Å². The van der Waals surface area contributed by atoms with Crippen molar-refractivity contribution in [3.8, 4) is 0 Å². The van der Waals surface area contributed by atoms with Crippen molar-refractivity contribution in [2.24, 2.45) is 0 Å². The summed E-state index contributed by atoms with van der Waals surface area (Å²) in [5, 5.41) is 0. The van der Waals surface area contributed by atoms with Crippen LogP contribution in [0.1, 0.15) is 147 Å². The predicted molar refractivity (Wildman–Crippen MR) is 168 cm³/mol. The fourth-order valence-corrected chi connectivity index (χ4v) is 11.3. The molecule has 234 valence electrons. The normalized spacial score (nSPS) is 14.2. The maximum absolute atomic E-state index is 12.8. The molecule has 0 aliphatic heterocycles. The average molecular weight is 583 g/mol. The van der Waals surface area contributed by atoms with Gasteiger partial charge in [-0.3, -0.25) is 14.4 Å². The van der Waals surface area contributed by atoms with Crippen LogP contribution in [0.3, 0.4) is 0 Å². The molecular formula is C33H62O6Si. The highest BCUT2D eigenvalue weighted by Crippen LogP contribution is 2.43. The van der Waals surface area contributed by atoms with E-state index >= 15 is 0 Å². The van der Waals surface area contributed by atoms with Crippen LogP contribution in [0.15, 0.2) is 12.2 Å². The summed E-state index contributed by atoms with van der Waals surface area (Å²) in [5.41, 5.74) is 0.694. The third-order valence-electron chi connectivity index (χ3n) is 7.52. The predicted octanol–water partition coefficient (Wildman–Crippen LogP) is 9.26. The highest BCUT2D eigenvalue weighted by molar-refractivity contribution is 6.77. The van der Waals surface area contributed by atoms with Crippen molar-refractivity contribution >= 4 is 26.0 Å². The zero-order valence-electron chi connectivity index (χ0n) is 27.8. The van der Waals surface area contributed by atoms with Gasteiger partial charge in [-0.2, -0.15) is 0 Å². The van der Waals surface area contributed by atoms with Crippen LogP contribution in [-0.4, -0.2) is 43.8 Å². The highest BCUT2D eigenvalue weighted by atomic mass is 28.4. The molecule has 0 N–H and O–H groups in total. The van der Waals surface area contributed by atoms with Gasteiger partial charge in [-0.1, -0.05) is 80.6 Å². The van der Waals surface area contributed by atoms with Crippen LogP contribution < -0.4 is 0 Å². The monoisotopic (exact) mass is 582 g/mol. The number of esters is 2. The Kier molecular flexibility index (Phi) is 18.9. The zero-order chi connectivity index (χ0) is 30.9.